The van der Waals surface area contributed by atoms with Crippen molar-refractivity contribution in [2.45, 2.75) is 38.1 Å². The highest BCUT2D eigenvalue weighted by Crippen LogP contribution is 2.26. The number of anilines is 1. The first kappa shape index (κ1) is 16.4. The normalized spacial score (nSPS) is 20.5. The van der Waals surface area contributed by atoms with Gasteiger partial charge in [0, 0.05) is 56.3 Å². The summed E-state index contributed by atoms with van der Waals surface area (Å²) in [5, 5.41) is 6.40. The second-order valence-electron chi connectivity index (χ2n) is 6.30. The van der Waals surface area contributed by atoms with Crippen molar-refractivity contribution in [3.05, 3.63) is 36.7 Å². The van der Waals surface area contributed by atoms with Crippen LogP contribution in [0, 0.1) is 5.92 Å². The van der Waals surface area contributed by atoms with Crippen LogP contribution in [0.25, 0.3) is 0 Å². The van der Waals surface area contributed by atoms with Crippen molar-refractivity contribution in [3.63, 3.8) is 0 Å². The second-order valence-corrected chi connectivity index (χ2v) is 6.30. The SMILES string of the molecule is Cn1cncc1CCNC(=O)C1CCC(Nc2ncccn2)CC1. The number of rotatable bonds is 6. The van der Waals surface area contributed by atoms with E-state index in [2.05, 4.69) is 25.6 Å². The molecule has 2 heterocycles. The number of hydrogen-bond acceptors (Lipinski definition) is 5. The number of aryl methyl sites for hydroxylation is 1. The summed E-state index contributed by atoms with van der Waals surface area (Å²) < 4.78 is 1.98. The van der Waals surface area contributed by atoms with Crippen LogP contribution in [0.15, 0.2) is 31.0 Å². The average molecular weight is 328 g/mol. The standard InChI is InChI=1S/C17H24N6O/c1-23-12-18-11-15(23)7-10-19-16(24)13-3-5-14(6-4-13)22-17-20-8-2-9-21-17/h2,8-9,11-14H,3-7,10H2,1H3,(H,19,24)(H,20,21,22). The van der Waals surface area contributed by atoms with E-state index in [9.17, 15) is 4.79 Å². The maximum Gasteiger partial charge on any atom is 0.223 e. The summed E-state index contributed by atoms with van der Waals surface area (Å²) in [7, 11) is 1.97. The van der Waals surface area contributed by atoms with Gasteiger partial charge in [-0.2, -0.15) is 0 Å². The molecule has 3 rings (SSSR count). The summed E-state index contributed by atoms with van der Waals surface area (Å²) in [6, 6.07) is 2.16. The Morgan fingerprint density at radius 2 is 2.00 bits per heavy atom. The lowest BCUT2D eigenvalue weighted by atomic mass is 9.85. The molecule has 7 nitrogen and oxygen atoms in total. The van der Waals surface area contributed by atoms with Crippen molar-refractivity contribution in [2.24, 2.45) is 13.0 Å². The van der Waals surface area contributed by atoms with Gasteiger partial charge in [-0.05, 0) is 31.7 Å². The number of carbonyl (C=O) groups is 1. The minimum Gasteiger partial charge on any atom is -0.355 e. The van der Waals surface area contributed by atoms with Gasteiger partial charge in [0.25, 0.3) is 0 Å². The Morgan fingerprint density at radius 3 is 2.67 bits per heavy atom. The maximum atomic E-state index is 12.3. The van der Waals surface area contributed by atoms with E-state index in [1.165, 1.54) is 0 Å². The molecule has 0 aliphatic heterocycles. The molecule has 1 aliphatic carbocycles. The molecule has 1 amide bonds. The van der Waals surface area contributed by atoms with Crippen LogP contribution in [0.5, 0.6) is 0 Å². The van der Waals surface area contributed by atoms with Crippen LogP contribution in [-0.2, 0) is 18.3 Å². The third-order valence-electron chi connectivity index (χ3n) is 4.59. The number of imidazole rings is 1. The number of hydrogen-bond donors (Lipinski definition) is 2. The molecular weight excluding hydrogens is 304 g/mol. The van der Waals surface area contributed by atoms with Crippen molar-refractivity contribution in [1.82, 2.24) is 24.8 Å². The number of amides is 1. The average Bonchev–Trinajstić information content (AvgIpc) is 3.01. The quantitative estimate of drug-likeness (QED) is 0.840. The fourth-order valence-electron chi connectivity index (χ4n) is 3.14. The molecule has 0 saturated heterocycles. The second kappa shape index (κ2) is 7.90. The first-order chi connectivity index (χ1) is 11.7. The first-order valence-corrected chi connectivity index (χ1v) is 8.49. The molecule has 128 valence electrons. The topological polar surface area (TPSA) is 84.7 Å². The summed E-state index contributed by atoms with van der Waals surface area (Å²) >= 11 is 0. The van der Waals surface area contributed by atoms with Crippen LogP contribution >= 0.6 is 0 Å². The largest absolute Gasteiger partial charge is 0.355 e. The van der Waals surface area contributed by atoms with Gasteiger partial charge < -0.3 is 15.2 Å². The highest BCUT2D eigenvalue weighted by molar-refractivity contribution is 5.78. The molecule has 2 aromatic rings. The molecule has 0 aromatic carbocycles. The lowest BCUT2D eigenvalue weighted by Gasteiger charge is -2.28. The summed E-state index contributed by atoms with van der Waals surface area (Å²) in [6.07, 6.45) is 11.6. The first-order valence-electron chi connectivity index (χ1n) is 8.49. The van der Waals surface area contributed by atoms with Crippen LogP contribution in [0.4, 0.5) is 5.95 Å². The predicted octanol–water partition coefficient (Wildman–Crippen LogP) is 1.54. The highest BCUT2D eigenvalue weighted by atomic mass is 16.1. The van der Waals surface area contributed by atoms with Crippen LogP contribution < -0.4 is 10.6 Å². The van der Waals surface area contributed by atoms with E-state index in [-0.39, 0.29) is 11.8 Å². The lowest BCUT2D eigenvalue weighted by Crippen LogP contribution is -2.37. The molecule has 1 saturated carbocycles. The minimum absolute atomic E-state index is 0.117. The van der Waals surface area contributed by atoms with E-state index in [0.29, 0.717) is 18.5 Å². The van der Waals surface area contributed by atoms with Crippen molar-refractivity contribution in [1.29, 1.82) is 0 Å². The van der Waals surface area contributed by atoms with E-state index in [1.807, 2.05) is 17.8 Å². The Morgan fingerprint density at radius 1 is 1.25 bits per heavy atom. The van der Waals surface area contributed by atoms with Crippen molar-refractivity contribution in [2.75, 3.05) is 11.9 Å². The summed E-state index contributed by atoms with van der Waals surface area (Å²) in [5.41, 5.74) is 1.13. The van der Waals surface area contributed by atoms with E-state index in [0.717, 1.165) is 37.8 Å². The Bertz CT molecular complexity index is 648. The number of nitrogens with zero attached hydrogens (tertiary/aromatic N) is 4. The van der Waals surface area contributed by atoms with Gasteiger partial charge in [-0.25, -0.2) is 15.0 Å². The van der Waals surface area contributed by atoms with E-state index >= 15 is 0 Å². The van der Waals surface area contributed by atoms with Crippen molar-refractivity contribution < 1.29 is 4.79 Å². The van der Waals surface area contributed by atoms with Gasteiger partial charge in [-0.1, -0.05) is 0 Å². The van der Waals surface area contributed by atoms with Gasteiger partial charge in [0.1, 0.15) is 0 Å². The zero-order valence-corrected chi connectivity index (χ0v) is 14.0. The van der Waals surface area contributed by atoms with Gasteiger partial charge >= 0.3 is 0 Å². The van der Waals surface area contributed by atoms with Crippen LogP contribution in [0.3, 0.4) is 0 Å². The number of nitrogens with one attached hydrogen (secondary N) is 2. The lowest BCUT2D eigenvalue weighted by molar-refractivity contribution is -0.125. The molecule has 2 N–H and O–H groups in total. The van der Waals surface area contributed by atoms with Crippen LogP contribution in [-0.4, -0.2) is 38.0 Å². The summed E-state index contributed by atoms with van der Waals surface area (Å²) in [6.45, 7) is 0.661. The Labute approximate surface area is 141 Å². The fourth-order valence-corrected chi connectivity index (χ4v) is 3.14. The molecule has 2 aromatic heterocycles. The molecule has 1 aliphatic rings. The zero-order valence-electron chi connectivity index (χ0n) is 14.0. The summed E-state index contributed by atoms with van der Waals surface area (Å²) in [4.78, 5) is 24.8. The van der Waals surface area contributed by atoms with Gasteiger partial charge in [-0.3, -0.25) is 4.79 Å². The van der Waals surface area contributed by atoms with E-state index in [4.69, 9.17) is 0 Å². The number of carbonyl (C=O) groups excluding carboxylic acids is 1. The van der Waals surface area contributed by atoms with Gasteiger partial charge in [0.2, 0.25) is 11.9 Å². The Hall–Kier alpha value is -2.44. The van der Waals surface area contributed by atoms with Crippen LogP contribution in [0.2, 0.25) is 0 Å². The van der Waals surface area contributed by atoms with E-state index in [1.54, 1.807) is 24.8 Å². The molecule has 0 spiro atoms. The zero-order chi connectivity index (χ0) is 16.8. The smallest absolute Gasteiger partial charge is 0.223 e. The fraction of sp³-hybridized carbons (Fsp3) is 0.529. The molecule has 1 fully saturated rings. The monoisotopic (exact) mass is 328 g/mol. The van der Waals surface area contributed by atoms with Crippen molar-refractivity contribution >= 4 is 11.9 Å². The van der Waals surface area contributed by atoms with Gasteiger partial charge in [0.15, 0.2) is 0 Å². The highest BCUT2D eigenvalue weighted by Gasteiger charge is 2.26. The Balaban J connectivity index is 1.38. The van der Waals surface area contributed by atoms with Gasteiger partial charge in [-0.15, -0.1) is 0 Å². The van der Waals surface area contributed by atoms with E-state index < -0.39 is 0 Å². The summed E-state index contributed by atoms with van der Waals surface area (Å²) in [5.74, 6) is 0.958. The molecule has 7 heteroatoms. The molecule has 0 unspecified atom stereocenters. The van der Waals surface area contributed by atoms with Crippen molar-refractivity contribution in [3.8, 4) is 0 Å². The Kier molecular flexibility index (Phi) is 5.40. The molecular formula is C17H24N6O. The molecule has 0 atom stereocenters. The minimum atomic E-state index is 0.117. The predicted molar refractivity (Wildman–Crippen MR) is 91.3 cm³/mol. The third kappa shape index (κ3) is 4.31. The van der Waals surface area contributed by atoms with Crippen LogP contribution in [0.1, 0.15) is 31.4 Å². The molecule has 24 heavy (non-hydrogen) atoms. The number of aromatic nitrogens is 4. The third-order valence-corrected chi connectivity index (χ3v) is 4.59. The molecule has 0 bridgehead atoms. The van der Waals surface area contributed by atoms with Gasteiger partial charge in [0.05, 0.1) is 6.33 Å². The molecule has 0 radical (unpaired) electrons. The maximum absolute atomic E-state index is 12.3.